The lowest BCUT2D eigenvalue weighted by Crippen LogP contribution is -2.32. The molecule has 0 fully saturated rings. The quantitative estimate of drug-likeness (QED) is 0.641. The molecule has 0 aromatic heterocycles. The van der Waals surface area contributed by atoms with Crippen molar-refractivity contribution < 1.29 is 14.6 Å². The van der Waals surface area contributed by atoms with Crippen molar-refractivity contribution in [1.82, 2.24) is 0 Å². The number of aromatic hydroxyl groups is 1. The van der Waals surface area contributed by atoms with Gasteiger partial charge in [-0.25, -0.2) is 0 Å². The number of hydrogen-bond acceptors (Lipinski definition) is 4. The third kappa shape index (κ3) is 2.85. The molecule has 0 aliphatic carbocycles. The van der Waals surface area contributed by atoms with Crippen molar-refractivity contribution in [3.05, 3.63) is 18.2 Å². The van der Waals surface area contributed by atoms with Crippen LogP contribution in [-0.4, -0.2) is 24.2 Å². The number of carbonyl (C=O) groups excluding carboxylic acids is 1. The smallest absolute Gasteiger partial charge is 0.241 e. The second kappa shape index (κ2) is 4.65. The van der Waals surface area contributed by atoms with Crippen molar-refractivity contribution in [2.75, 3.05) is 12.4 Å². The van der Waals surface area contributed by atoms with Crippen LogP contribution in [0.25, 0.3) is 0 Å². The maximum absolute atomic E-state index is 11.2. The van der Waals surface area contributed by atoms with Gasteiger partial charge in [-0.1, -0.05) is 0 Å². The number of rotatable bonds is 3. The summed E-state index contributed by atoms with van der Waals surface area (Å²) in [7, 11) is 1.50. The summed E-state index contributed by atoms with van der Waals surface area (Å²) in [6, 6.07) is 3.98. The number of methoxy groups -OCH3 is 1. The van der Waals surface area contributed by atoms with Gasteiger partial charge in [-0.2, -0.15) is 0 Å². The first-order valence-electron chi connectivity index (χ1n) is 4.48. The molecule has 0 heterocycles. The Morgan fingerprint density at radius 3 is 2.73 bits per heavy atom. The van der Waals surface area contributed by atoms with E-state index in [-0.39, 0.29) is 11.7 Å². The zero-order valence-corrected chi connectivity index (χ0v) is 8.65. The summed E-state index contributed by atoms with van der Waals surface area (Å²) in [5.41, 5.74) is 5.69. The molecule has 0 saturated heterocycles. The molecule has 1 amide bonds. The number of nitrogens with one attached hydrogen (secondary N) is 1. The molecule has 1 aromatic carbocycles. The lowest BCUT2D eigenvalue weighted by atomic mass is 10.2. The van der Waals surface area contributed by atoms with Crippen LogP contribution in [-0.2, 0) is 4.79 Å². The summed E-state index contributed by atoms with van der Waals surface area (Å²) >= 11 is 0. The van der Waals surface area contributed by atoms with E-state index in [1.54, 1.807) is 19.1 Å². The molecule has 5 nitrogen and oxygen atoms in total. The minimum atomic E-state index is -0.619. The van der Waals surface area contributed by atoms with Gasteiger partial charge in [0.1, 0.15) is 11.5 Å². The molecule has 0 spiro atoms. The molecule has 1 aromatic rings. The van der Waals surface area contributed by atoms with Crippen LogP contribution in [0.2, 0.25) is 0 Å². The number of phenolic OH excluding ortho intramolecular Hbond substituents is 1. The number of carbonyl (C=O) groups is 1. The lowest BCUT2D eigenvalue weighted by molar-refractivity contribution is -0.117. The monoisotopic (exact) mass is 210 g/mol. The van der Waals surface area contributed by atoms with E-state index in [0.717, 1.165) is 0 Å². The Kier molecular flexibility index (Phi) is 3.51. The fourth-order valence-electron chi connectivity index (χ4n) is 0.991. The second-order valence-corrected chi connectivity index (χ2v) is 3.16. The van der Waals surface area contributed by atoms with E-state index in [1.807, 2.05) is 0 Å². The number of anilines is 1. The maximum atomic E-state index is 11.2. The Labute approximate surface area is 87.9 Å². The Hall–Kier alpha value is -1.75. The highest BCUT2D eigenvalue weighted by atomic mass is 16.5. The largest absolute Gasteiger partial charge is 0.506 e. The molecule has 1 rings (SSSR count). The van der Waals surface area contributed by atoms with Crippen LogP contribution in [0.5, 0.6) is 11.5 Å². The van der Waals surface area contributed by atoms with Gasteiger partial charge in [0.05, 0.1) is 18.8 Å². The van der Waals surface area contributed by atoms with Crippen molar-refractivity contribution >= 4 is 11.6 Å². The normalized spacial score (nSPS) is 11.9. The van der Waals surface area contributed by atoms with Gasteiger partial charge in [0, 0.05) is 6.07 Å². The summed E-state index contributed by atoms with van der Waals surface area (Å²) in [5, 5.41) is 12.0. The third-order valence-electron chi connectivity index (χ3n) is 1.88. The molecule has 0 saturated carbocycles. The van der Waals surface area contributed by atoms with Crippen molar-refractivity contribution in [3.63, 3.8) is 0 Å². The van der Waals surface area contributed by atoms with Crippen LogP contribution in [0, 0.1) is 0 Å². The van der Waals surface area contributed by atoms with Crippen molar-refractivity contribution in [3.8, 4) is 11.5 Å². The maximum Gasteiger partial charge on any atom is 0.241 e. The van der Waals surface area contributed by atoms with Gasteiger partial charge in [0.15, 0.2) is 0 Å². The number of benzene rings is 1. The first-order valence-corrected chi connectivity index (χ1v) is 4.48. The molecule has 0 aliphatic rings. The number of nitrogens with two attached hydrogens (primary N) is 1. The Balaban J connectivity index is 2.83. The summed E-state index contributed by atoms with van der Waals surface area (Å²) in [6.07, 6.45) is 0. The fraction of sp³-hybridized carbons (Fsp3) is 0.300. The summed E-state index contributed by atoms with van der Waals surface area (Å²) < 4.78 is 4.91. The molecule has 0 radical (unpaired) electrons. The molecule has 4 N–H and O–H groups in total. The molecule has 15 heavy (non-hydrogen) atoms. The van der Waals surface area contributed by atoms with Crippen LogP contribution in [0.4, 0.5) is 5.69 Å². The van der Waals surface area contributed by atoms with E-state index in [4.69, 9.17) is 10.5 Å². The summed E-state index contributed by atoms with van der Waals surface area (Å²) in [5.74, 6) is 0.116. The predicted molar refractivity (Wildman–Crippen MR) is 56.9 cm³/mol. The number of ether oxygens (including phenoxy) is 1. The Morgan fingerprint density at radius 2 is 2.27 bits per heavy atom. The number of phenols is 1. The zero-order valence-electron chi connectivity index (χ0n) is 8.65. The number of amides is 1. The molecule has 82 valence electrons. The minimum absolute atomic E-state index is 0.0525. The van der Waals surface area contributed by atoms with E-state index < -0.39 is 6.04 Å². The molecule has 1 unspecified atom stereocenters. The molecule has 1 atom stereocenters. The van der Waals surface area contributed by atoms with Gasteiger partial charge in [-0.3, -0.25) is 4.79 Å². The van der Waals surface area contributed by atoms with E-state index in [9.17, 15) is 9.90 Å². The van der Waals surface area contributed by atoms with Gasteiger partial charge >= 0.3 is 0 Å². The van der Waals surface area contributed by atoms with Gasteiger partial charge in [0.25, 0.3) is 0 Å². The van der Waals surface area contributed by atoms with Gasteiger partial charge in [-0.15, -0.1) is 0 Å². The van der Waals surface area contributed by atoms with Gasteiger partial charge < -0.3 is 20.9 Å². The third-order valence-corrected chi connectivity index (χ3v) is 1.88. The fourth-order valence-corrected chi connectivity index (χ4v) is 0.991. The van der Waals surface area contributed by atoms with E-state index in [1.165, 1.54) is 13.2 Å². The first kappa shape index (κ1) is 11.3. The minimum Gasteiger partial charge on any atom is -0.506 e. The van der Waals surface area contributed by atoms with E-state index in [2.05, 4.69) is 5.32 Å². The highest BCUT2D eigenvalue weighted by molar-refractivity contribution is 5.95. The highest BCUT2D eigenvalue weighted by Crippen LogP contribution is 2.27. The molecule has 5 heteroatoms. The van der Waals surface area contributed by atoms with Gasteiger partial charge in [-0.05, 0) is 19.1 Å². The molecule has 0 bridgehead atoms. The van der Waals surface area contributed by atoms with Crippen LogP contribution < -0.4 is 15.8 Å². The standard InChI is InChI=1S/C10H14N2O3/c1-6(11)10(14)12-8-4-3-7(15-2)5-9(8)13/h3-6,13H,11H2,1-2H3,(H,12,14). The second-order valence-electron chi connectivity index (χ2n) is 3.16. The SMILES string of the molecule is COc1ccc(NC(=O)C(C)N)c(O)c1. The number of hydrogen-bond donors (Lipinski definition) is 3. The van der Waals surface area contributed by atoms with Gasteiger partial charge in [0.2, 0.25) is 5.91 Å². The van der Waals surface area contributed by atoms with Crippen LogP contribution in [0.3, 0.4) is 0 Å². The average molecular weight is 210 g/mol. The van der Waals surface area contributed by atoms with Crippen molar-refractivity contribution in [2.45, 2.75) is 13.0 Å². The summed E-state index contributed by atoms with van der Waals surface area (Å²) in [6.45, 7) is 1.57. The molecule has 0 aliphatic heterocycles. The first-order chi connectivity index (χ1) is 7.04. The van der Waals surface area contributed by atoms with Crippen molar-refractivity contribution in [2.24, 2.45) is 5.73 Å². The van der Waals surface area contributed by atoms with Crippen LogP contribution in [0.1, 0.15) is 6.92 Å². The molecular weight excluding hydrogens is 196 g/mol. The predicted octanol–water partition coefficient (Wildman–Crippen LogP) is 0.686. The van der Waals surface area contributed by atoms with E-state index >= 15 is 0 Å². The highest BCUT2D eigenvalue weighted by Gasteiger charge is 2.10. The zero-order chi connectivity index (χ0) is 11.4. The summed E-state index contributed by atoms with van der Waals surface area (Å²) in [4.78, 5) is 11.2. The van der Waals surface area contributed by atoms with Crippen LogP contribution in [0.15, 0.2) is 18.2 Å². The lowest BCUT2D eigenvalue weighted by Gasteiger charge is -2.10. The van der Waals surface area contributed by atoms with Crippen molar-refractivity contribution in [1.29, 1.82) is 0 Å². The Morgan fingerprint density at radius 1 is 1.60 bits per heavy atom. The van der Waals surface area contributed by atoms with Crippen LogP contribution >= 0.6 is 0 Å². The topological polar surface area (TPSA) is 84.6 Å². The molecular formula is C10H14N2O3. The van der Waals surface area contributed by atoms with E-state index in [0.29, 0.717) is 11.4 Å². The Bertz CT molecular complexity index is 364. The average Bonchev–Trinajstić information content (AvgIpc) is 2.20.